The van der Waals surface area contributed by atoms with Crippen molar-refractivity contribution in [3.63, 3.8) is 0 Å². The number of carbonyl (C=O) groups excluding carboxylic acids is 1. The van der Waals surface area contributed by atoms with E-state index in [4.69, 9.17) is 18.9 Å². The number of fused-ring (bicyclic) bond motifs is 2. The molecule has 1 N–H and O–H groups in total. The van der Waals surface area contributed by atoms with Crippen molar-refractivity contribution in [2.24, 2.45) is 0 Å². The van der Waals surface area contributed by atoms with Gasteiger partial charge in [-0.05, 0) is 48.0 Å². The number of hydrogen-bond donors (Lipinski definition) is 1. The molecular formula is C21H19N3O5. The molecule has 8 heteroatoms. The molecule has 2 aliphatic heterocycles. The van der Waals surface area contributed by atoms with Gasteiger partial charge in [-0.15, -0.1) is 0 Å². The molecule has 0 unspecified atom stereocenters. The maximum absolute atomic E-state index is 12.6. The maximum Gasteiger partial charge on any atom is 0.276 e. The Morgan fingerprint density at radius 3 is 2.79 bits per heavy atom. The van der Waals surface area contributed by atoms with Gasteiger partial charge < -0.3 is 24.3 Å². The van der Waals surface area contributed by atoms with E-state index in [0.717, 1.165) is 28.5 Å². The topological polar surface area (TPSA) is 83.8 Å². The fourth-order valence-corrected chi connectivity index (χ4v) is 3.42. The normalized spacial score (nSPS) is 16.9. The summed E-state index contributed by atoms with van der Waals surface area (Å²) in [6, 6.07) is 14.7. The predicted molar refractivity (Wildman–Crippen MR) is 103 cm³/mol. The van der Waals surface area contributed by atoms with Gasteiger partial charge in [0.05, 0.1) is 26.0 Å². The van der Waals surface area contributed by atoms with Crippen molar-refractivity contribution in [2.75, 3.05) is 19.2 Å². The summed E-state index contributed by atoms with van der Waals surface area (Å²) < 4.78 is 23.7. The van der Waals surface area contributed by atoms with Crippen molar-refractivity contribution < 1.29 is 23.7 Å². The Morgan fingerprint density at radius 1 is 1.14 bits per heavy atom. The van der Waals surface area contributed by atoms with E-state index in [1.165, 1.54) is 0 Å². The number of carbonyl (C=O) groups is 1. The smallest absolute Gasteiger partial charge is 0.276 e. The van der Waals surface area contributed by atoms with Crippen LogP contribution in [0.5, 0.6) is 17.2 Å². The first-order chi connectivity index (χ1) is 14.2. The minimum atomic E-state index is -0.267. The van der Waals surface area contributed by atoms with Crippen LogP contribution in [0.25, 0.3) is 0 Å². The Balaban J connectivity index is 1.30. The highest BCUT2D eigenvalue weighted by atomic mass is 16.7. The van der Waals surface area contributed by atoms with Crippen molar-refractivity contribution >= 4 is 11.6 Å². The Hall–Kier alpha value is -3.52. The number of methoxy groups -OCH3 is 1. The number of rotatable bonds is 4. The molecule has 0 aliphatic carbocycles. The standard InChI is InChI=1S/C21H19N3O5/c1-26-16-5-3-14(4-6-16)22-21(25)17-9-15-11-27-20(10-24(15)23-17)13-2-7-18-19(8-13)29-12-28-18/h2-9,20H,10-12H2,1H3,(H,22,25)/t20-/m1/s1. The molecule has 1 aromatic heterocycles. The van der Waals surface area contributed by atoms with E-state index in [-0.39, 0.29) is 18.8 Å². The van der Waals surface area contributed by atoms with E-state index < -0.39 is 0 Å². The number of hydrogen-bond acceptors (Lipinski definition) is 6. The van der Waals surface area contributed by atoms with Crippen molar-refractivity contribution in [1.29, 1.82) is 0 Å². The third-order valence-corrected chi connectivity index (χ3v) is 4.98. The molecule has 0 saturated carbocycles. The second kappa shape index (κ2) is 7.14. The van der Waals surface area contributed by atoms with E-state index in [0.29, 0.717) is 24.5 Å². The Bertz CT molecular complexity index is 1060. The molecule has 0 radical (unpaired) electrons. The lowest BCUT2D eigenvalue weighted by atomic mass is 10.1. The molecule has 8 nitrogen and oxygen atoms in total. The van der Waals surface area contributed by atoms with Crippen LogP contribution in [0.2, 0.25) is 0 Å². The average Bonchev–Trinajstić information content (AvgIpc) is 3.40. The zero-order chi connectivity index (χ0) is 19.8. The second-order valence-electron chi connectivity index (χ2n) is 6.80. The molecule has 0 fully saturated rings. The number of anilines is 1. The van der Waals surface area contributed by atoms with Crippen LogP contribution in [0.15, 0.2) is 48.5 Å². The van der Waals surface area contributed by atoms with Crippen molar-refractivity contribution in [2.45, 2.75) is 19.3 Å². The molecule has 5 rings (SSSR count). The molecular weight excluding hydrogens is 374 g/mol. The minimum Gasteiger partial charge on any atom is -0.497 e. The minimum absolute atomic E-state index is 0.172. The van der Waals surface area contributed by atoms with E-state index in [9.17, 15) is 4.79 Å². The summed E-state index contributed by atoms with van der Waals surface area (Å²) in [5.41, 5.74) is 2.88. The summed E-state index contributed by atoms with van der Waals surface area (Å²) in [4.78, 5) is 12.6. The number of ether oxygens (including phenoxy) is 4. The summed E-state index contributed by atoms with van der Waals surface area (Å²) in [6.07, 6.45) is -0.172. The zero-order valence-corrected chi connectivity index (χ0v) is 15.8. The fraction of sp³-hybridized carbons (Fsp3) is 0.238. The van der Waals surface area contributed by atoms with Crippen LogP contribution >= 0.6 is 0 Å². The lowest BCUT2D eigenvalue weighted by molar-refractivity contribution is -0.00127. The highest BCUT2D eigenvalue weighted by Crippen LogP contribution is 2.36. The third-order valence-electron chi connectivity index (χ3n) is 4.98. The molecule has 0 bridgehead atoms. The Labute approximate surface area is 166 Å². The van der Waals surface area contributed by atoms with Gasteiger partial charge in [0.1, 0.15) is 11.9 Å². The zero-order valence-electron chi connectivity index (χ0n) is 15.8. The first kappa shape index (κ1) is 17.6. The van der Waals surface area contributed by atoms with E-state index in [1.807, 2.05) is 22.9 Å². The van der Waals surface area contributed by atoms with Gasteiger partial charge in [-0.2, -0.15) is 5.10 Å². The molecule has 2 aromatic carbocycles. The number of amides is 1. The molecule has 2 aliphatic rings. The lowest BCUT2D eigenvalue weighted by Gasteiger charge is -2.24. The molecule has 3 aromatic rings. The monoisotopic (exact) mass is 393 g/mol. The molecule has 29 heavy (non-hydrogen) atoms. The third kappa shape index (κ3) is 3.38. The van der Waals surface area contributed by atoms with Gasteiger partial charge in [0.25, 0.3) is 5.91 Å². The second-order valence-corrected chi connectivity index (χ2v) is 6.80. The highest BCUT2D eigenvalue weighted by Gasteiger charge is 2.26. The Kier molecular flexibility index (Phi) is 4.33. The molecule has 1 amide bonds. The summed E-state index contributed by atoms with van der Waals surface area (Å²) in [6.45, 7) is 1.13. The Morgan fingerprint density at radius 2 is 1.97 bits per heavy atom. The van der Waals surface area contributed by atoms with Crippen LogP contribution in [0.3, 0.4) is 0 Å². The summed E-state index contributed by atoms with van der Waals surface area (Å²) in [5, 5.41) is 7.32. The number of nitrogens with one attached hydrogen (secondary N) is 1. The largest absolute Gasteiger partial charge is 0.497 e. The number of aromatic nitrogens is 2. The SMILES string of the molecule is COc1ccc(NC(=O)c2cc3n(n2)C[C@H](c2ccc4c(c2)OCO4)OC3)cc1. The quantitative estimate of drug-likeness (QED) is 0.733. The van der Waals surface area contributed by atoms with Crippen LogP contribution in [0.1, 0.15) is 27.8 Å². The first-order valence-electron chi connectivity index (χ1n) is 9.23. The summed E-state index contributed by atoms with van der Waals surface area (Å²) >= 11 is 0. The molecule has 148 valence electrons. The van der Waals surface area contributed by atoms with Crippen LogP contribution in [0, 0.1) is 0 Å². The van der Waals surface area contributed by atoms with Crippen LogP contribution in [0.4, 0.5) is 5.69 Å². The van der Waals surface area contributed by atoms with Gasteiger partial charge in [-0.3, -0.25) is 9.48 Å². The molecule has 0 spiro atoms. The summed E-state index contributed by atoms with van der Waals surface area (Å²) in [5.74, 6) is 1.92. The molecule has 0 saturated heterocycles. The first-order valence-corrected chi connectivity index (χ1v) is 9.23. The lowest BCUT2D eigenvalue weighted by Crippen LogP contribution is -2.22. The molecule has 1 atom stereocenters. The van der Waals surface area contributed by atoms with Crippen molar-refractivity contribution in [3.8, 4) is 17.2 Å². The van der Waals surface area contributed by atoms with Gasteiger partial charge in [-0.25, -0.2) is 0 Å². The number of benzene rings is 2. The van der Waals surface area contributed by atoms with Gasteiger partial charge in [0.15, 0.2) is 17.2 Å². The average molecular weight is 393 g/mol. The van der Waals surface area contributed by atoms with Crippen molar-refractivity contribution in [1.82, 2.24) is 9.78 Å². The van der Waals surface area contributed by atoms with Gasteiger partial charge >= 0.3 is 0 Å². The van der Waals surface area contributed by atoms with E-state index in [1.54, 1.807) is 37.4 Å². The number of nitrogens with zero attached hydrogens (tertiary/aromatic N) is 2. The maximum atomic E-state index is 12.6. The van der Waals surface area contributed by atoms with Gasteiger partial charge in [0, 0.05) is 5.69 Å². The predicted octanol–water partition coefficient (Wildman–Crippen LogP) is 3.14. The summed E-state index contributed by atoms with van der Waals surface area (Å²) in [7, 11) is 1.60. The van der Waals surface area contributed by atoms with Crippen LogP contribution < -0.4 is 19.5 Å². The highest BCUT2D eigenvalue weighted by molar-refractivity contribution is 6.02. The van der Waals surface area contributed by atoms with E-state index in [2.05, 4.69) is 10.4 Å². The van der Waals surface area contributed by atoms with Gasteiger partial charge in [0.2, 0.25) is 6.79 Å². The molecule has 3 heterocycles. The van der Waals surface area contributed by atoms with Gasteiger partial charge in [-0.1, -0.05) is 6.07 Å². The van der Waals surface area contributed by atoms with Crippen molar-refractivity contribution in [3.05, 3.63) is 65.5 Å². The van der Waals surface area contributed by atoms with Crippen LogP contribution in [-0.2, 0) is 17.9 Å². The van der Waals surface area contributed by atoms with E-state index >= 15 is 0 Å². The fourth-order valence-electron chi connectivity index (χ4n) is 3.42. The van der Waals surface area contributed by atoms with Crippen LogP contribution in [-0.4, -0.2) is 29.6 Å².